The Kier molecular flexibility index (Phi) is 4.61. The van der Waals surface area contributed by atoms with Gasteiger partial charge in [0.05, 0.1) is 0 Å². The Morgan fingerprint density at radius 2 is 1.33 bits per heavy atom. The van der Waals surface area contributed by atoms with E-state index in [1.165, 1.54) is 16.7 Å². The van der Waals surface area contributed by atoms with Gasteiger partial charge in [-0.2, -0.15) is 0 Å². The van der Waals surface area contributed by atoms with E-state index in [1.54, 1.807) is 0 Å². The minimum Gasteiger partial charge on any atom is -0.508 e. The molecule has 24 heavy (non-hydrogen) atoms. The molecule has 0 aliphatic carbocycles. The molecule has 0 heterocycles. The van der Waals surface area contributed by atoms with Crippen LogP contribution in [0.2, 0.25) is 0 Å². The summed E-state index contributed by atoms with van der Waals surface area (Å²) in [6.45, 7) is 17.5. The van der Waals surface area contributed by atoms with Crippen molar-refractivity contribution in [2.24, 2.45) is 0 Å². The Morgan fingerprint density at radius 1 is 0.750 bits per heavy atom. The quantitative estimate of drug-likeness (QED) is 0.706. The number of hydrogen-bond acceptors (Lipinski definition) is 1. The highest BCUT2D eigenvalue weighted by molar-refractivity contribution is 5.47. The van der Waals surface area contributed by atoms with Crippen molar-refractivity contribution in [3.8, 4) is 5.75 Å². The van der Waals surface area contributed by atoms with Crippen molar-refractivity contribution in [2.45, 2.75) is 71.6 Å². The van der Waals surface area contributed by atoms with Crippen LogP contribution in [0, 0.1) is 6.07 Å². The van der Waals surface area contributed by atoms with Gasteiger partial charge in [0.1, 0.15) is 5.75 Å². The van der Waals surface area contributed by atoms with Gasteiger partial charge in [-0.1, -0.05) is 85.7 Å². The van der Waals surface area contributed by atoms with Gasteiger partial charge in [-0.15, -0.1) is 0 Å². The van der Waals surface area contributed by atoms with Crippen molar-refractivity contribution in [2.75, 3.05) is 0 Å². The summed E-state index contributed by atoms with van der Waals surface area (Å²) in [5.41, 5.74) is 4.57. The van der Waals surface area contributed by atoms with Crippen LogP contribution in [0.15, 0.2) is 36.4 Å². The van der Waals surface area contributed by atoms with Crippen molar-refractivity contribution in [3.63, 3.8) is 0 Å². The first-order chi connectivity index (χ1) is 10.8. The van der Waals surface area contributed by atoms with Gasteiger partial charge in [-0.05, 0) is 45.2 Å². The zero-order valence-electron chi connectivity index (χ0n) is 16.4. The van der Waals surface area contributed by atoms with E-state index in [1.807, 2.05) is 18.2 Å². The molecular formula is C23H31O. The molecule has 0 aliphatic heterocycles. The standard InChI is InChI=1S/C23H31O/c1-21(2,3)16-10-9-11-17(14-16)23(7,8)18-12-13-20(24)19(15-18)22(4,5)6/h9,11-15,24H,1-8H3. The van der Waals surface area contributed by atoms with Crippen LogP contribution >= 0.6 is 0 Å². The van der Waals surface area contributed by atoms with E-state index in [0.29, 0.717) is 5.75 Å². The molecule has 2 aromatic rings. The van der Waals surface area contributed by atoms with Crippen LogP contribution < -0.4 is 0 Å². The largest absolute Gasteiger partial charge is 0.508 e. The Morgan fingerprint density at radius 3 is 1.88 bits per heavy atom. The molecule has 1 radical (unpaired) electrons. The summed E-state index contributed by atoms with van der Waals surface area (Å²) in [7, 11) is 0. The van der Waals surface area contributed by atoms with E-state index in [4.69, 9.17) is 0 Å². The second kappa shape index (κ2) is 5.95. The second-order valence-corrected chi connectivity index (χ2v) is 9.35. The summed E-state index contributed by atoms with van der Waals surface area (Å²) in [5, 5.41) is 10.3. The Hall–Kier alpha value is -1.76. The molecule has 1 heteroatoms. The smallest absolute Gasteiger partial charge is 0.119 e. The third kappa shape index (κ3) is 3.66. The van der Waals surface area contributed by atoms with Crippen molar-refractivity contribution < 1.29 is 5.11 Å². The molecule has 0 amide bonds. The molecule has 0 saturated heterocycles. The van der Waals surface area contributed by atoms with Gasteiger partial charge in [0.15, 0.2) is 0 Å². The summed E-state index contributed by atoms with van der Waals surface area (Å²) in [6, 6.07) is 15.9. The molecule has 1 N–H and O–H groups in total. The highest BCUT2D eigenvalue weighted by atomic mass is 16.3. The number of phenolic OH excluding ortho intramolecular Hbond substituents is 1. The Labute approximate surface area is 147 Å². The maximum Gasteiger partial charge on any atom is 0.119 e. The topological polar surface area (TPSA) is 20.2 Å². The van der Waals surface area contributed by atoms with Crippen LogP contribution in [0.4, 0.5) is 0 Å². The van der Waals surface area contributed by atoms with Crippen molar-refractivity contribution in [1.82, 2.24) is 0 Å². The average Bonchev–Trinajstić information content (AvgIpc) is 2.45. The first-order valence-corrected chi connectivity index (χ1v) is 8.70. The zero-order chi connectivity index (χ0) is 18.3. The van der Waals surface area contributed by atoms with Crippen LogP contribution in [-0.2, 0) is 16.2 Å². The maximum absolute atomic E-state index is 10.3. The van der Waals surface area contributed by atoms with Gasteiger partial charge >= 0.3 is 0 Å². The lowest BCUT2D eigenvalue weighted by Gasteiger charge is -2.30. The predicted octanol–water partition coefficient (Wildman–Crippen LogP) is 6.11. The lowest BCUT2D eigenvalue weighted by molar-refractivity contribution is 0.445. The monoisotopic (exact) mass is 323 g/mol. The van der Waals surface area contributed by atoms with E-state index < -0.39 is 0 Å². The Bertz CT molecular complexity index is 724. The van der Waals surface area contributed by atoms with E-state index in [2.05, 4.69) is 79.7 Å². The van der Waals surface area contributed by atoms with E-state index >= 15 is 0 Å². The van der Waals surface area contributed by atoms with Crippen LogP contribution in [-0.4, -0.2) is 5.11 Å². The summed E-state index contributed by atoms with van der Waals surface area (Å²) >= 11 is 0. The third-order valence-electron chi connectivity index (χ3n) is 4.86. The van der Waals surface area contributed by atoms with Gasteiger partial charge < -0.3 is 5.11 Å². The fourth-order valence-electron chi connectivity index (χ4n) is 2.98. The normalized spacial score (nSPS) is 13.2. The first kappa shape index (κ1) is 18.6. The van der Waals surface area contributed by atoms with Gasteiger partial charge in [-0.25, -0.2) is 0 Å². The molecule has 0 atom stereocenters. The van der Waals surface area contributed by atoms with Crippen LogP contribution in [0.1, 0.15) is 77.6 Å². The van der Waals surface area contributed by atoms with Gasteiger partial charge in [-0.3, -0.25) is 0 Å². The lowest BCUT2D eigenvalue weighted by atomic mass is 9.74. The van der Waals surface area contributed by atoms with Crippen LogP contribution in [0.25, 0.3) is 0 Å². The first-order valence-electron chi connectivity index (χ1n) is 8.70. The highest BCUT2D eigenvalue weighted by Gasteiger charge is 2.27. The third-order valence-corrected chi connectivity index (χ3v) is 4.86. The van der Waals surface area contributed by atoms with Gasteiger partial charge in [0, 0.05) is 5.41 Å². The number of hydrogen-bond donors (Lipinski definition) is 1. The minimum atomic E-state index is -0.136. The predicted molar refractivity (Wildman–Crippen MR) is 103 cm³/mol. The molecule has 0 unspecified atom stereocenters. The molecular weight excluding hydrogens is 292 g/mol. The summed E-state index contributed by atoms with van der Waals surface area (Å²) in [5.74, 6) is 0.374. The molecule has 0 spiro atoms. The number of rotatable bonds is 2. The Balaban J connectivity index is 2.56. The molecule has 1 nitrogen and oxygen atoms in total. The SMILES string of the molecule is CC(C)(C)c1[c]ccc(C(C)(C)c2ccc(O)c(C(C)(C)C)c2)c1. The molecule has 0 saturated carbocycles. The van der Waals surface area contributed by atoms with Gasteiger partial charge in [0.25, 0.3) is 0 Å². The number of phenols is 1. The van der Waals surface area contributed by atoms with Gasteiger partial charge in [0.2, 0.25) is 0 Å². The molecule has 0 aromatic heterocycles. The minimum absolute atomic E-state index is 0.0810. The van der Waals surface area contributed by atoms with Crippen molar-refractivity contribution >= 4 is 0 Å². The highest BCUT2D eigenvalue weighted by Crippen LogP contribution is 2.38. The molecule has 0 aliphatic rings. The van der Waals surface area contributed by atoms with Crippen LogP contribution in [0.5, 0.6) is 5.75 Å². The molecule has 0 bridgehead atoms. The second-order valence-electron chi connectivity index (χ2n) is 9.35. The molecule has 129 valence electrons. The number of benzene rings is 2. The summed E-state index contributed by atoms with van der Waals surface area (Å²) in [6.07, 6.45) is 0. The zero-order valence-corrected chi connectivity index (χ0v) is 16.4. The molecule has 0 fully saturated rings. The lowest BCUT2D eigenvalue weighted by Crippen LogP contribution is -2.22. The fraction of sp³-hybridized carbons (Fsp3) is 0.478. The van der Waals surface area contributed by atoms with E-state index in [9.17, 15) is 5.11 Å². The van der Waals surface area contributed by atoms with E-state index in [0.717, 1.165) is 5.56 Å². The van der Waals surface area contributed by atoms with Crippen molar-refractivity contribution in [3.05, 3.63) is 64.7 Å². The maximum atomic E-state index is 10.3. The molecule has 2 rings (SSSR count). The average molecular weight is 324 g/mol. The number of aromatic hydroxyl groups is 1. The fourth-order valence-corrected chi connectivity index (χ4v) is 2.98. The van der Waals surface area contributed by atoms with Crippen LogP contribution in [0.3, 0.4) is 0 Å². The van der Waals surface area contributed by atoms with E-state index in [-0.39, 0.29) is 16.2 Å². The summed E-state index contributed by atoms with van der Waals surface area (Å²) in [4.78, 5) is 0. The van der Waals surface area contributed by atoms with Crippen molar-refractivity contribution in [1.29, 1.82) is 0 Å². The molecule has 2 aromatic carbocycles. The summed E-state index contributed by atoms with van der Waals surface area (Å²) < 4.78 is 0.